The maximum atomic E-state index is 5.17. The first-order valence-corrected chi connectivity index (χ1v) is 11.9. The number of hydrogen-bond acceptors (Lipinski definition) is 4. The van der Waals surface area contributed by atoms with Gasteiger partial charge in [0.05, 0.1) is 38.8 Å². The zero-order valence-electron chi connectivity index (χ0n) is 20.2. The van der Waals surface area contributed by atoms with Crippen LogP contribution in [0.4, 0.5) is 0 Å². The molecule has 0 unspecified atom stereocenters. The summed E-state index contributed by atoms with van der Waals surface area (Å²) in [5.41, 5.74) is 6.92. The second kappa shape index (κ2) is 7.61. The Hall–Kier alpha value is -4.78. The van der Waals surface area contributed by atoms with E-state index in [-0.39, 0.29) is 0 Å². The van der Waals surface area contributed by atoms with Gasteiger partial charge in [0, 0.05) is 12.1 Å². The number of pyridine rings is 1. The van der Waals surface area contributed by atoms with Crippen molar-refractivity contribution in [3.63, 3.8) is 0 Å². The Labute approximate surface area is 207 Å². The van der Waals surface area contributed by atoms with E-state index in [0.29, 0.717) is 0 Å². The fourth-order valence-electron chi connectivity index (χ4n) is 5.19. The van der Waals surface area contributed by atoms with Crippen molar-refractivity contribution in [3.05, 3.63) is 102 Å². The fraction of sp³-hybridized carbons (Fsp3) is 0.103. The molecule has 0 amide bonds. The summed E-state index contributed by atoms with van der Waals surface area (Å²) < 4.78 is 6.42. The van der Waals surface area contributed by atoms with Crippen LogP contribution >= 0.6 is 0 Å². The third kappa shape index (κ3) is 2.99. The zero-order chi connectivity index (χ0) is 24.4. The number of imidazole rings is 3. The van der Waals surface area contributed by atoms with Crippen molar-refractivity contribution in [2.24, 2.45) is 0 Å². The largest absolute Gasteiger partial charge is 0.296 e. The molecule has 0 atom stereocenters. The number of benzene rings is 3. The minimum Gasteiger partial charge on any atom is -0.296 e. The van der Waals surface area contributed by atoms with Crippen LogP contribution in [-0.2, 0) is 0 Å². The van der Waals surface area contributed by atoms with Crippen molar-refractivity contribution in [1.29, 1.82) is 0 Å². The van der Waals surface area contributed by atoms with Gasteiger partial charge in [-0.05, 0) is 57.2 Å². The van der Waals surface area contributed by atoms with Crippen LogP contribution in [0.3, 0.4) is 0 Å². The number of aryl methyl sites for hydroxylation is 3. The van der Waals surface area contributed by atoms with Crippen LogP contribution in [0.25, 0.3) is 50.4 Å². The highest BCUT2D eigenvalue weighted by Gasteiger charge is 2.18. The minimum atomic E-state index is 0.795. The van der Waals surface area contributed by atoms with Gasteiger partial charge in [0.2, 0.25) is 0 Å². The summed E-state index contributed by atoms with van der Waals surface area (Å²) in [6.07, 6.45) is 0. The van der Waals surface area contributed by atoms with E-state index in [2.05, 4.69) is 44.0 Å². The lowest BCUT2D eigenvalue weighted by atomic mass is 10.2. The molecule has 7 heteroatoms. The minimum absolute atomic E-state index is 0.795. The predicted octanol–water partition coefficient (Wildman–Crippen LogP) is 6.02. The summed E-state index contributed by atoms with van der Waals surface area (Å²) in [5.74, 6) is 4.27. The van der Waals surface area contributed by atoms with Crippen molar-refractivity contribution in [3.8, 4) is 17.3 Å². The number of hydrogen-bond donors (Lipinski definition) is 0. The Morgan fingerprint density at radius 2 is 0.806 bits per heavy atom. The van der Waals surface area contributed by atoms with Gasteiger partial charge in [0.15, 0.2) is 0 Å². The molecule has 4 aromatic heterocycles. The Morgan fingerprint density at radius 3 is 1.25 bits per heavy atom. The summed E-state index contributed by atoms with van der Waals surface area (Å²) in [7, 11) is 0. The van der Waals surface area contributed by atoms with E-state index < -0.39 is 0 Å². The molecule has 0 aliphatic rings. The van der Waals surface area contributed by atoms with Crippen LogP contribution < -0.4 is 0 Å². The molecule has 7 aromatic rings. The number of fused-ring (bicyclic) bond motifs is 3. The van der Waals surface area contributed by atoms with Gasteiger partial charge in [-0.15, -0.1) is 0 Å². The van der Waals surface area contributed by atoms with Gasteiger partial charge in [0.25, 0.3) is 0 Å². The number of rotatable bonds is 3. The molecule has 3 aromatic carbocycles. The van der Waals surface area contributed by atoms with Gasteiger partial charge >= 0.3 is 0 Å². The lowest BCUT2D eigenvalue weighted by molar-refractivity contribution is 0.895. The van der Waals surface area contributed by atoms with E-state index in [1.807, 2.05) is 75.4 Å². The standard InChI is InChI=1S/C29H23N7/c1-18-30-22-10-4-7-13-25(22)34(18)21-16-28(35-19(2)31-23-11-5-8-14-26(23)35)33-29(17-21)36-20(3)32-24-12-6-9-15-27(24)36/h4-17H,1-3H3. The highest BCUT2D eigenvalue weighted by Crippen LogP contribution is 2.29. The summed E-state index contributed by atoms with van der Waals surface area (Å²) in [4.78, 5) is 19.6. The van der Waals surface area contributed by atoms with E-state index >= 15 is 0 Å². The predicted molar refractivity (Wildman–Crippen MR) is 142 cm³/mol. The highest BCUT2D eigenvalue weighted by molar-refractivity contribution is 5.81. The molecule has 174 valence electrons. The smallest absolute Gasteiger partial charge is 0.143 e. The van der Waals surface area contributed by atoms with Crippen molar-refractivity contribution in [2.75, 3.05) is 0 Å². The lowest BCUT2D eigenvalue weighted by Crippen LogP contribution is -2.09. The molecule has 0 aliphatic heterocycles. The molecule has 7 nitrogen and oxygen atoms in total. The van der Waals surface area contributed by atoms with Gasteiger partial charge in [-0.3, -0.25) is 13.7 Å². The molecule has 4 heterocycles. The summed E-state index contributed by atoms with van der Waals surface area (Å²) in [6, 6.07) is 28.8. The molecule has 0 radical (unpaired) electrons. The first-order chi connectivity index (χ1) is 17.6. The fourth-order valence-corrected chi connectivity index (χ4v) is 5.19. The summed E-state index contributed by atoms with van der Waals surface area (Å²) >= 11 is 0. The number of para-hydroxylation sites is 6. The molecule has 0 aliphatic carbocycles. The van der Waals surface area contributed by atoms with Crippen molar-refractivity contribution in [1.82, 2.24) is 33.6 Å². The molecular formula is C29H23N7. The quantitative estimate of drug-likeness (QED) is 0.317. The van der Waals surface area contributed by atoms with E-state index in [1.165, 1.54) is 0 Å². The number of nitrogens with zero attached hydrogens (tertiary/aromatic N) is 7. The van der Waals surface area contributed by atoms with Gasteiger partial charge in [-0.2, -0.15) is 0 Å². The van der Waals surface area contributed by atoms with Crippen molar-refractivity contribution < 1.29 is 0 Å². The maximum absolute atomic E-state index is 5.17. The van der Waals surface area contributed by atoms with Gasteiger partial charge in [0.1, 0.15) is 29.1 Å². The molecule has 0 spiro atoms. The highest BCUT2D eigenvalue weighted by atomic mass is 15.2. The molecule has 0 bridgehead atoms. The van der Waals surface area contributed by atoms with Crippen molar-refractivity contribution >= 4 is 33.1 Å². The SMILES string of the molecule is Cc1nc2ccccc2n1-c1cc(-n2c(C)nc3ccccc32)nc(-n2c(C)nc3ccccc32)c1. The second-order valence-electron chi connectivity index (χ2n) is 8.99. The first-order valence-electron chi connectivity index (χ1n) is 11.9. The second-order valence-corrected chi connectivity index (χ2v) is 8.99. The van der Waals surface area contributed by atoms with Gasteiger partial charge in [-0.1, -0.05) is 36.4 Å². The van der Waals surface area contributed by atoms with E-state index in [0.717, 1.165) is 67.9 Å². The lowest BCUT2D eigenvalue weighted by Gasteiger charge is -2.15. The summed E-state index contributed by atoms with van der Waals surface area (Å²) in [6.45, 7) is 6.07. The third-order valence-electron chi connectivity index (χ3n) is 6.68. The zero-order valence-corrected chi connectivity index (χ0v) is 20.2. The van der Waals surface area contributed by atoms with Crippen LogP contribution in [0.5, 0.6) is 0 Å². The Kier molecular flexibility index (Phi) is 4.35. The van der Waals surface area contributed by atoms with E-state index in [4.69, 9.17) is 19.9 Å². The van der Waals surface area contributed by atoms with Crippen LogP contribution in [0.2, 0.25) is 0 Å². The van der Waals surface area contributed by atoms with Crippen LogP contribution in [-0.4, -0.2) is 33.6 Å². The van der Waals surface area contributed by atoms with E-state index in [1.54, 1.807) is 0 Å². The normalized spacial score (nSPS) is 11.8. The van der Waals surface area contributed by atoms with Gasteiger partial charge in [-0.25, -0.2) is 19.9 Å². The molecule has 36 heavy (non-hydrogen) atoms. The topological polar surface area (TPSA) is 66.3 Å². The molecule has 7 rings (SSSR count). The molecule has 0 fully saturated rings. The Bertz CT molecular complexity index is 1700. The molecule has 0 N–H and O–H groups in total. The molecular weight excluding hydrogens is 446 g/mol. The van der Waals surface area contributed by atoms with Crippen LogP contribution in [0.1, 0.15) is 17.5 Å². The average Bonchev–Trinajstić information content (AvgIpc) is 3.51. The van der Waals surface area contributed by atoms with Crippen LogP contribution in [0, 0.1) is 20.8 Å². The van der Waals surface area contributed by atoms with Crippen LogP contribution in [0.15, 0.2) is 84.9 Å². The number of aromatic nitrogens is 7. The molecule has 0 saturated heterocycles. The van der Waals surface area contributed by atoms with E-state index in [9.17, 15) is 0 Å². The Balaban J connectivity index is 1.58. The van der Waals surface area contributed by atoms with Crippen molar-refractivity contribution in [2.45, 2.75) is 20.8 Å². The molecule has 0 saturated carbocycles. The maximum Gasteiger partial charge on any atom is 0.143 e. The summed E-state index contributed by atoms with van der Waals surface area (Å²) in [5, 5.41) is 0. The van der Waals surface area contributed by atoms with Gasteiger partial charge < -0.3 is 0 Å². The monoisotopic (exact) mass is 469 g/mol. The third-order valence-corrected chi connectivity index (χ3v) is 6.68. The average molecular weight is 470 g/mol. The first kappa shape index (κ1) is 20.6. The Morgan fingerprint density at radius 1 is 0.444 bits per heavy atom.